The van der Waals surface area contributed by atoms with Crippen LogP contribution in [0.4, 0.5) is 5.82 Å². The molecular weight excluding hydrogens is 258 g/mol. The zero-order chi connectivity index (χ0) is 14.7. The summed E-state index contributed by atoms with van der Waals surface area (Å²) in [7, 11) is 2.20. The van der Waals surface area contributed by atoms with Gasteiger partial charge in [-0.2, -0.15) is 0 Å². The third-order valence-electron chi connectivity index (χ3n) is 5.35. The predicted octanol–water partition coefficient (Wildman–Crippen LogP) is 3.45. The van der Waals surface area contributed by atoms with Gasteiger partial charge in [-0.05, 0) is 61.6 Å². The molecule has 116 valence electrons. The van der Waals surface area contributed by atoms with E-state index in [1.165, 1.54) is 44.2 Å². The Balaban J connectivity index is 1.51. The molecular formula is C18H29N3. The number of aromatic nitrogens is 1. The summed E-state index contributed by atoms with van der Waals surface area (Å²) in [5.74, 6) is 4.06. The van der Waals surface area contributed by atoms with Crippen LogP contribution in [-0.2, 0) is 6.54 Å². The van der Waals surface area contributed by atoms with Crippen LogP contribution in [0.2, 0.25) is 0 Å². The van der Waals surface area contributed by atoms with Gasteiger partial charge in [0, 0.05) is 26.3 Å². The summed E-state index contributed by atoms with van der Waals surface area (Å²) in [6.45, 7) is 5.38. The summed E-state index contributed by atoms with van der Waals surface area (Å²) >= 11 is 0. The highest BCUT2D eigenvalue weighted by atomic mass is 15.2. The van der Waals surface area contributed by atoms with Gasteiger partial charge in [-0.1, -0.05) is 19.4 Å². The minimum atomic E-state index is 0.904. The smallest absolute Gasteiger partial charge is 0.128 e. The fourth-order valence-electron chi connectivity index (χ4n) is 4.20. The maximum atomic E-state index is 4.65. The molecule has 3 heteroatoms. The second-order valence-corrected chi connectivity index (χ2v) is 7.02. The Kier molecular flexibility index (Phi) is 4.79. The minimum Gasteiger partial charge on any atom is -0.359 e. The highest BCUT2D eigenvalue weighted by Gasteiger charge is 2.39. The number of nitrogens with one attached hydrogen (secondary N) is 1. The van der Waals surface area contributed by atoms with Crippen molar-refractivity contribution in [3.05, 3.63) is 23.9 Å². The summed E-state index contributed by atoms with van der Waals surface area (Å²) in [6.07, 6.45) is 9.11. The van der Waals surface area contributed by atoms with Crippen LogP contribution < -0.4 is 10.2 Å². The van der Waals surface area contributed by atoms with Gasteiger partial charge in [-0.25, -0.2) is 4.98 Å². The quantitative estimate of drug-likeness (QED) is 0.779. The molecule has 0 spiro atoms. The molecule has 3 unspecified atom stereocenters. The van der Waals surface area contributed by atoms with E-state index in [2.05, 4.69) is 41.3 Å². The van der Waals surface area contributed by atoms with E-state index in [0.717, 1.165) is 36.7 Å². The molecule has 3 nitrogen and oxygen atoms in total. The highest BCUT2D eigenvalue weighted by Crippen LogP contribution is 2.48. The normalized spacial score (nSPS) is 27.2. The summed E-state index contributed by atoms with van der Waals surface area (Å²) in [6, 6.07) is 4.39. The predicted molar refractivity (Wildman–Crippen MR) is 88.4 cm³/mol. The average Bonchev–Trinajstić information content (AvgIpc) is 3.11. The van der Waals surface area contributed by atoms with E-state index in [-0.39, 0.29) is 0 Å². The first-order chi connectivity index (χ1) is 10.3. The fourth-order valence-corrected chi connectivity index (χ4v) is 4.20. The number of pyridine rings is 1. The van der Waals surface area contributed by atoms with Crippen LogP contribution in [0.5, 0.6) is 0 Å². The maximum Gasteiger partial charge on any atom is 0.128 e. The van der Waals surface area contributed by atoms with Crippen LogP contribution in [0.15, 0.2) is 18.3 Å². The number of anilines is 1. The van der Waals surface area contributed by atoms with E-state index in [1.54, 1.807) is 0 Å². The Morgan fingerprint density at radius 2 is 2.19 bits per heavy atom. The first kappa shape index (κ1) is 14.8. The summed E-state index contributed by atoms with van der Waals surface area (Å²) in [5.41, 5.74) is 1.28. The number of fused-ring (bicyclic) bond motifs is 2. The number of rotatable bonds is 7. The van der Waals surface area contributed by atoms with Crippen LogP contribution in [0.25, 0.3) is 0 Å². The lowest BCUT2D eigenvalue weighted by Crippen LogP contribution is -2.29. The van der Waals surface area contributed by atoms with E-state index in [1.807, 2.05) is 6.20 Å². The minimum absolute atomic E-state index is 0.904. The molecule has 1 aromatic rings. The lowest BCUT2D eigenvalue weighted by atomic mass is 9.88. The molecule has 0 amide bonds. The summed E-state index contributed by atoms with van der Waals surface area (Å²) in [4.78, 5) is 7.00. The van der Waals surface area contributed by atoms with E-state index in [9.17, 15) is 0 Å². The van der Waals surface area contributed by atoms with Gasteiger partial charge in [0.1, 0.15) is 5.82 Å². The van der Waals surface area contributed by atoms with Crippen LogP contribution in [0.1, 0.15) is 44.6 Å². The Morgan fingerprint density at radius 1 is 1.29 bits per heavy atom. The van der Waals surface area contributed by atoms with Crippen LogP contribution >= 0.6 is 0 Å². The Labute approximate surface area is 129 Å². The second-order valence-electron chi connectivity index (χ2n) is 7.02. The van der Waals surface area contributed by atoms with Crippen molar-refractivity contribution in [2.45, 2.75) is 45.6 Å². The Bertz CT molecular complexity index is 442. The Hall–Kier alpha value is -1.09. The third kappa shape index (κ3) is 3.57. The molecule has 0 aliphatic heterocycles. The van der Waals surface area contributed by atoms with Gasteiger partial charge in [0.05, 0.1) is 0 Å². The largest absolute Gasteiger partial charge is 0.359 e. The number of hydrogen-bond acceptors (Lipinski definition) is 3. The summed E-state index contributed by atoms with van der Waals surface area (Å²) in [5, 5.41) is 3.42. The number of nitrogens with zero attached hydrogens (tertiary/aromatic N) is 2. The first-order valence-corrected chi connectivity index (χ1v) is 8.63. The van der Waals surface area contributed by atoms with Gasteiger partial charge in [-0.15, -0.1) is 0 Å². The molecule has 2 saturated carbocycles. The molecule has 21 heavy (non-hydrogen) atoms. The van der Waals surface area contributed by atoms with Gasteiger partial charge in [0.2, 0.25) is 0 Å². The summed E-state index contributed by atoms with van der Waals surface area (Å²) < 4.78 is 0. The maximum absolute atomic E-state index is 4.65. The third-order valence-corrected chi connectivity index (χ3v) is 5.35. The van der Waals surface area contributed by atoms with E-state index in [4.69, 9.17) is 0 Å². The average molecular weight is 287 g/mol. The molecule has 1 heterocycles. The lowest BCUT2D eigenvalue weighted by Gasteiger charge is -2.28. The van der Waals surface area contributed by atoms with Gasteiger partial charge < -0.3 is 10.2 Å². The van der Waals surface area contributed by atoms with Crippen molar-refractivity contribution in [2.75, 3.05) is 25.0 Å². The molecule has 1 aromatic heterocycles. The molecule has 0 saturated heterocycles. The standard InChI is InChI=1S/C18H29N3/c1-3-8-19-11-15-5-7-18(20-12-15)21(2)13-17-10-14-4-6-16(17)9-14/h5,7,12,14,16-17,19H,3-4,6,8-11,13H2,1-2H3. The fraction of sp³-hybridized carbons (Fsp3) is 0.722. The Morgan fingerprint density at radius 3 is 2.81 bits per heavy atom. The molecule has 3 rings (SSSR count). The van der Waals surface area contributed by atoms with E-state index in [0.29, 0.717) is 0 Å². The lowest BCUT2D eigenvalue weighted by molar-refractivity contribution is 0.337. The topological polar surface area (TPSA) is 28.2 Å². The van der Waals surface area contributed by atoms with E-state index < -0.39 is 0 Å². The monoisotopic (exact) mass is 287 g/mol. The molecule has 2 aliphatic carbocycles. The van der Waals surface area contributed by atoms with Gasteiger partial charge in [-0.3, -0.25) is 0 Å². The van der Waals surface area contributed by atoms with Gasteiger partial charge >= 0.3 is 0 Å². The molecule has 1 N–H and O–H groups in total. The molecule has 2 fully saturated rings. The SMILES string of the molecule is CCCNCc1ccc(N(C)CC2CC3CCC2C3)nc1. The van der Waals surface area contributed by atoms with Crippen molar-refractivity contribution in [3.8, 4) is 0 Å². The van der Waals surface area contributed by atoms with Crippen molar-refractivity contribution in [1.82, 2.24) is 10.3 Å². The van der Waals surface area contributed by atoms with Crippen molar-refractivity contribution >= 4 is 5.82 Å². The van der Waals surface area contributed by atoms with Crippen molar-refractivity contribution < 1.29 is 0 Å². The van der Waals surface area contributed by atoms with Gasteiger partial charge in [0.15, 0.2) is 0 Å². The second kappa shape index (κ2) is 6.78. The van der Waals surface area contributed by atoms with Crippen molar-refractivity contribution in [3.63, 3.8) is 0 Å². The molecule has 2 bridgehead atoms. The van der Waals surface area contributed by atoms with Gasteiger partial charge in [0.25, 0.3) is 0 Å². The van der Waals surface area contributed by atoms with Crippen molar-refractivity contribution in [2.24, 2.45) is 17.8 Å². The van der Waals surface area contributed by atoms with E-state index >= 15 is 0 Å². The number of hydrogen-bond donors (Lipinski definition) is 1. The van der Waals surface area contributed by atoms with Crippen LogP contribution in [0.3, 0.4) is 0 Å². The zero-order valence-electron chi connectivity index (χ0n) is 13.5. The van der Waals surface area contributed by atoms with Crippen LogP contribution in [0, 0.1) is 17.8 Å². The molecule has 0 radical (unpaired) electrons. The van der Waals surface area contributed by atoms with Crippen molar-refractivity contribution in [1.29, 1.82) is 0 Å². The molecule has 0 aromatic carbocycles. The first-order valence-electron chi connectivity index (χ1n) is 8.63. The zero-order valence-corrected chi connectivity index (χ0v) is 13.5. The molecule has 3 atom stereocenters. The highest BCUT2D eigenvalue weighted by molar-refractivity contribution is 5.38. The van der Waals surface area contributed by atoms with Crippen LogP contribution in [-0.4, -0.2) is 25.1 Å². The molecule has 2 aliphatic rings.